The summed E-state index contributed by atoms with van der Waals surface area (Å²) in [7, 11) is 0. The molecule has 0 radical (unpaired) electrons. The highest BCUT2D eigenvalue weighted by Gasteiger charge is 2.13. The topological polar surface area (TPSA) is 21.3 Å². The quantitative estimate of drug-likeness (QED) is 0.619. The molecule has 1 aliphatic rings. The van der Waals surface area contributed by atoms with Crippen molar-refractivity contribution in [3.8, 4) is 5.75 Å². The number of rotatable bonds is 6. The lowest BCUT2D eigenvalue weighted by Gasteiger charge is -2.12. The maximum atomic E-state index is 5.84. The molecule has 1 saturated heterocycles. The number of hydrogen-bond acceptors (Lipinski definition) is 3. The molecule has 1 aromatic rings. The van der Waals surface area contributed by atoms with Crippen LogP contribution in [0.1, 0.15) is 25.7 Å². The van der Waals surface area contributed by atoms with Crippen LogP contribution in [0.25, 0.3) is 0 Å². The number of hydrogen-bond donors (Lipinski definition) is 1. The van der Waals surface area contributed by atoms with Gasteiger partial charge in [-0.05, 0) is 50.6 Å². The SMILES string of the molecule is CSc1ccccc1OCCCC1CCCN1. The minimum absolute atomic E-state index is 0.731. The Hall–Kier alpha value is -0.670. The van der Waals surface area contributed by atoms with Gasteiger partial charge in [0.25, 0.3) is 0 Å². The van der Waals surface area contributed by atoms with Gasteiger partial charge >= 0.3 is 0 Å². The van der Waals surface area contributed by atoms with Crippen molar-refractivity contribution >= 4 is 11.8 Å². The molecule has 1 heterocycles. The van der Waals surface area contributed by atoms with Crippen LogP contribution in [0, 0.1) is 0 Å². The normalized spacial score (nSPS) is 19.5. The highest BCUT2D eigenvalue weighted by molar-refractivity contribution is 7.98. The lowest BCUT2D eigenvalue weighted by molar-refractivity contribution is 0.292. The summed E-state index contributed by atoms with van der Waals surface area (Å²) in [4.78, 5) is 1.23. The molecule has 1 N–H and O–H groups in total. The van der Waals surface area contributed by atoms with E-state index in [2.05, 4.69) is 29.8 Å². The predicted octanol–water partition coefficient (Wildman–Crippen LogP) is 3.32. The molecule has 1 atom stereocenters. The van der Waals surface area contributed by atoms with E-state index < -0.39 is 0 Å². The van der Waals surface area contributed by atoms with Crippen molar-refractivity contribution in [1.29, 1.82) is 0 Å². The number of ether oxygens (including phenoxy) is 1. The maximum absolute atomic E-state index is 5.84. The molecule has 0 bridgehead atoms. The summed E-state index contributed by atoms with van der Waals surface area (Å²) in [6, 6.07) is 8.99. The molecule has 1 fully saturated rings. The second-order valence-corrected chi connectivity index (χ2v) is 5.28. The van der Waals surface area contributed by atoms with Gasteiger partial charge in [0.05, 0.1) is 6.61 Å². The van der Waals surface area contributed by atoms with Gasteiger partial charge in [-0.1, -0.05) is 12.1 Å². The predicted molar refractivity (Wildman–Crippen MR) is 74.0 cm³/mol. The number of thioether (sulfide) groups is 1. The molecule has 94 valence electrons. The zero-order valence-corrected chi connectivity index (χ0v) is 11.3. The number of nitrogens with one attached hydrogen (secondary N) is 1. The van der Waals surface area contributed by atoms with E-state index in [1.54, 1.807) is 11.8 Å². The third-order valence-corrected chi connectivity index (χ3v) is 3.96. The summed E-state index contributed by atoms with van der Waals surface area (Å²) < 4.78 is 5.84. The summed E-state index contributed by atoms with van der Waals surface area (Å²) in [5, 5.41) is 3.52. The first kappa shape index (κ1) is 12.8. The van der Waals surface area contributed by atoms with Crippen LogP contribution in [0.15, 0.2) is 29.2 Å². The first-order chi connectivity index (χ1) is 8.40. The average molecular weight is 251 g/mol. The van der Waals surface area contributed by atoms with Crippen LogP contribution in [0.5, 0.6) is 5.75 Å². The Labute approximate surface area is 108 Å². The largest absolute Gasteiger partial charge is 0.492 e. The standard InChI is InChI=1S/C14H21NOS/c1-17-14-9-3-2-8-13(14)16-11-5-7-12-6-4-10-15-12/h2-3,8-9,12,15H,4-7,10-11H2,1H3. The van der Waals surface area contributed by atoms with Crippen molar-refractivity contribution in [2.75, 3.05) is 19.4 Å². The van der Waals surface area contributed by atoms with Gasteiger partial charge in [-0.3, -0.25) is 0 Å². The maximum Gasteiger partial charge on any atom is 0.132 e. The van der Waals surface area contributed by atoms with E-state index >= 15 is 0 Å². The van der Waals surface area contributed by atoms with Crippen LogP contribution >= 0.6 is 11.8 Å². The van der Waals surface area contributed by atoms with Crippen LogP contribution in [0.3, 0.4) is 0 Å². The van der Waals surface area contributed by atoms with Crippen molar-refractivity contribution < 1.29 is 4.74 Å². The molecule has 3 heteroatoms. The molecular weight excluding hydrogens is 230 g/mol. The molecule has 2 rings (SSSR count). The Balaban J connectivity index is 1.70. The Morgan fingerprint density at radius 1 is 1.41 bits per heavy atom. The van der Waals surface area contributed by atoms with Crippen LogP contribution < -0.4 is 10.1 Å². The van der Waals surface area contributed by atoms with Gasteiger partial charge in [0.15, 0.2) is 0 Å². The van der Waals surface area contributed by atoms with Crippen molar-refractivity contribution in [2.24, 2.45) is 0 Å². The molecule has 0 amide bonds. The fourth-order valence-electron chi connectivity index (χ4n) is 2.25. The molecule has 0 aliphatic carbocycles. The fourth-order valence-corrected chi connectivity index (χ4v) is 2.80. The molecule has 17 heavy (non-hydrogen) atoms. The summed E-state index contributed by atoms with van der Waals surface area (Å²) >= 11 is 1.74. The molecule has 2 nitrogen and oxygen atoms in total. The van der Waals surface area contributed by atoms with Gasteiger partial charge < -0.3 is 10.1 Å². The second-order valence-electron chi connectivity index (χ2n) is 4.43. The van der Waals surface area contributed by atoms with Gasteiger partial charge in [0, 0.05) is 10.9 Å². The van der Waals surface area contributed by atoms with Crippen LogP contribution in [0.2, 0.25) is 0 Å². The Morgan fingerprint density at radius 3 is 3.06 bits per heavy atom. The summed E-state index contributed by atoms with van der Waals surface area (Å²) in [5.41, 5.74) is 0. The fraction of sp³-hybridized carbons (Fsp3) is 0.571. The molecular formula is C14H21NOS. The monoisotopic (exact) mass is 251 g/mol. The first-order valence-corrected chi connectivity index (χ1v) is 7.62. The first-order valence-electron chi connectivity index (χ1n) is 6.39. The number of benzene rings is 1. The summed E-state index contributed by atoms with van der Waals surface area (Å²) in [6.07, 6.45) is 7.13. The van der Waals surface area contributed by atoms with Crippen LogP contribution in [0.4, 0.5) is 0 Å². The van der Waals surface area contributed by atoms with E-state index in [1.807, 2.05) is 6.07 Å². The highest BCUT2D eigenvalue weighted by atomic mass is 32.2. The van der Waals surface area contributed by atoms with E-state index in [9.17, 15) is 0 Å². The average Bonchev–Trinajstić information content (AvgIpc) is 2.88. The van der Waals surface area contributed by atoms with E-state index in [1.165, 1.54) is 30.7 Å². The smallest absolute Gasteiger partial charge is 0.132 e. The van der Waals surface area contributed by atoms with Gasteiger partial charge in [0.1, 0.15) is 5.75 Å². The Morgan fingerprint density at radius 2 is 2.29 bits per heavy atom. The lowest BCUT2D eigenvalue weighted by atomic mass is 10.1. The zero-order valence-electron chi connectivity index (χ0n) is 10.4. The Bertz CT molecular complexity index is 337. The molecule has 1 aliphatic heterocycles. The highest BCUT2D eigenvalue weighted by Crippen LogP contribution is 2.27. The van der Waals surface area contributed by atoms with Gasteiger partial charge in [-0.25, -0.2) is 0 Å². The minimum atomic E-state index is 0.731. The van der Waals surface area contributed by atoms with Crippen molar-refractivity contribution in [3.05, 3.63) is 24.3 Å². The van der Waals surface area contributed by atoms with Crippen molar-refractivity contribution in [1.82, 2.24) is 5.32 Å². The third-order valence-electron chi connectivity index (χ3n) is 3.19. The molecule has 0 spiro atoms. The van der Waals surface area contributed by atoms with E-state index in [0.717, 1.165) is 24.8 Å². The van der Waals surface area contributed by atoms with Gasteiger partial charge in [-0.2, -0.15) is 0 Å². The zero-order chi connectivity index (χ0) is 11.9. The minimum Gasteiger partial charge on any atom is -0.492 e. The summed E-state index contributed by atoms with van der Waals surface area (Å²) in [5.74, 6) is 1.03. The van der Waals surface area contributed by atoms with Crippen molar-refractivity contribution in [3.63, 3.8) is 0 Å². The second kappa shape index (κ2) is 6.92. The molecule has 1 aromatic carbocycles. The molecule has 0 aromatic heterocycles. The van der Waals surface area contributed by atoms with Crippen LogP contribution in [-0.2, 0) is 0 Å². The molecule has 1 unspecified atom stereocenters. The lowest BCUT2D eigenvalue weighted by Crippen LogP contribution is -2.21. The van der Waals surface area contributed by atoms with E-state index in [-0.39, 0.29) is 0 Å². The van der Waals surface area contributed by atoms with Gasteiger partial charge in [-0.15, -0.1) is 11.8 Å². The van der Waals surface area contributed by atoms with E-state index in [4.69, 9.17) is 4.74 Å². The Kier molecular flexibility index (Phi) is 5.20. The van der Waals surface area contributed by atoms with E-state index in [0.29, 0.717) is 0 Å². The third kappa shape index (κ3) is 3.93. The van der Waals surface area contributed by atoms with Gasteiger partial charge in [0.2, 0.25) is 0 Å². The molecule has 0 saturated carbocycles. The number of para-hydroxylation sites is 1. The summed E-state index contributed by atoms with van der Waals surface area (Å²) in [6.45, 7) is 2.02. The van der Waals surface area contributed by atoms with Crippen molar-refractivity contribution in [2.45, 2.75) is 36.6 Å². The van der Waals surface area contributed by atoms with Crippen LogP contribution in [-0.4, -0.2) is 25.4 Å².